The molecule has 1 N–H and O–H groups in total. The molecule has 3 heteroatoms. The zero-order chi connectivity index (χ0) is 15.0. The van der Waals surface area contributed by atoms with Crippen molar-refractivity contribution >= 4 is 17.5 Å². The highest BCUT2D eigenvalue weighted by molar-refractivity contribution is 6.31. The van der Waals surface area contributed by atoms with Gasteiger partial charge < -0.3 is 5.32 Å². The fraction of sp³-hybridized carbons (Fsp3) is 0.611. The number of benzene rings is 1. The molecule has 4 unspecified atom stereocenters. The second-order valence-electron chi connectivity index (χ2n) is 6.89. The average Bonchev–Trinajstić information content (AvgIpc) is 3.24. The van der Waals surface area contributed by atoms with Crippen molar-refractivity contribution < 1.29 is 4.79 Å². The van der Waals surface area contributed by atoms with Gasteiger partial charge in [-0.05, 0) is 48.6 Å². The molecule has 0 heterocycles. The van der Waals surface area contributed by atoms with E-state index in [1.54, 1.807) is 0 Å². The smallest absolute Gasteiger partial charge is 0.223 e. The van der Waals surface area contributed by atoms with Crippen LogP contribution >= 0.6 is 11.6 Å². The minimum absolute atomic E-state index is 0.117. The van der Waals surface area contributed by atoms with Crippen LogP contribution in [0.2, 0.25) is 5.02 Å². The van der Waals surface area contributed by atoms with E-state index in [-0.39, 0.29) is 11.8 Å². The lowest BCUT2D eigenvalue weighted by Gasteiger charge is -2.35. The number of carbonyl (C=O) groups is 1. The van der Waals surface area contributed by atoms with E-state index in [9.17, 15) is 4.79 Å². The molecule has 0 aromatic heterocycles. The van der Waals surface area contributed by atoms with Crippen LogP contribution in [0.25, 0.3) is 0 Å². The fourth-order valence-corrected chi connectivity index (χ4v) is 4.12. The Morgan fingerprint density at radius 1 is 1.19 bits per heavy atom. The third kappa shape index (κ3) is 3.11. The highest BCUT2D eigenvalue weighted by atomic mass is 35.5. The average molecular weight is 306 g/mol. The standard InChI is InChI=1S/C18H24ClNO/c1-11-6-5-7-12(2)17(11)20-18(21)15-10-14(15)13-8-3-4-9-16(13)19/h3-4,8-9,11-12,14-15,17H,5-7,10H2,1-2H3,(H,20,21). The van der Waals surface area contributed by atoms with Gasteiger partial charge in [0.2, 0.25) is 5.91 Å². The third-order valence-corrected chi connectivity index (χ3v) is 5.63. The van der Waals surface area contributed by atoms with Crippen LogP contribution < -0.4 is 5.32 Å². The molecule has 3 rings (SSSR count). The first-order valence-electron chi connectivity index (χ1n) is 8.12. The summed E-state index contributed by atoms with van der Waals surface area (Å²) >= 11 is 6.24. The van der Waals surface area contributed by atoms with Crippen molar-refractivity contribution in [3.8, 4) is 0 Å². The zero-order valence-corrected chi connectivity index (χ0v) is 13.6. The van der Waals surface area contributed by atoms with Crippen LogP contribution in [0, 0.1) is 17.8 Å². The summed E-state index contributed by atoms with van der Waals surface area (Å²) in [7, 11) is 0. The van der Waals surface area contributed by atoms with Crippen LogP contribution in [-0.4, -0.2) is 11.9 Å². The molecule has 1 aromatic rings. The molecule has 2 nitrogen and oxygen atoms in total. The number of hydrogen-bond acceptors (Lipinski definition) is 1. The third-order valence-electron chi connectivity index (χ3n) is 5.29. The van der Waals surface area contributed by atoms with Gasteiger partial charge in [-0.15, -0.1) is 0 Å². The predicted molar refractivity (Wildman–Crippen MR) is 86.4 cm³/mol. The molecule has 0 bridgehead atoms. The first-order chi connectivity index (χ1) is 10.1. The van der Waals surface area contributed by atoms with E-state index in [4.69, 9.17) is 11.6 Å². The monoisotopic (exact) mass is 305 g/mol. The second-order valence-corrected chi connectivity index (χ2v) is 7.30. The van der Waals surface area contributed by atoms with Gasteiger partial charge in [0.05, 0.1) is 0 Å². The fourth-order valence-electron chi connectivity index (χ4n) is 3.84. The molecule has 0 radical (unpaired) electrons. The van der Waals surface area contributed by atoms with Gasteiger partial charge in [-0.1, -0.05) is 50.1 Å². The van der Waals surface area contributed by atoms with Crippen molar-refractivity contribution in [2.45, 2.75) is 51.5 Å². The van der Waals surface area contributed by atoms with Crippen LogP contribution in [0.15, 0.2) is 24.3 Å². The van der Waals surface area contributed by atoms with Crippen LogP contribution in [0.5, 0.6) is 0 Å². The number of halogens is 1. The van der Waals surface area contributed by atoms with Crippen LogP contribution in [0.1, 0.15) is 51.0 Å². The molecule has 2 fully saturated rings. The van der Waals surface area contributed by atoms with Crippen molar-refractivity contribution in [1.29, 1.82) is 0 Å². The Kier molecular flexibility index (Phi) is 4.26. The van der Waals surface area contributed by atoms with Gasteiger partial charge in [-0.2, -0.15) is 0 Å². The first kappa shape index (κ1) is 14.9. The van der Waals surface area contributed by atoms with E-state index in [2.05, 4.69) is 19.2 Å². The van der Waals surface area contributed by atoms with Gasteiger partial charge in [0, 0.05) is 17.0 Å². The highest BCUT2D eigenvalue weighted by Crippen LogP contribution is 2.49. The van der Waals surface area contributed by atoms with E-state index in [0.29, 0.717) is 23.8 Å². The molecule has 2 saturated carbocycles. The van der Waals surface area contributed by atoms with Crippen LogP contribution in [-0.2, 0) is 4.79 Å². The summed E-state index contributed by atoms with van der Waals surface area (Å²) < 4.78 is 0. The molecule has 2 aliphatic carbocycles. The first-order valence-corrected chi connectivity index (χ1v) is 8.50. The number of rotatable bonds is 3. The lowest BCUT2D eigenvalue weighted by Crippen LogP contribution is -2.46. The van der Waals surface area contributed by atoms with Gasteiger partial charge in [0.15, 0.2) is 0 Å². The Bertz CT molecular complexity index is 520. The molecule has 4 atom stereocenters. The largest absolute Gasteiger partial charge is 0.353 e. The van der Waals surface area contributed by atoms with Gasteiger partial charge >= 0.3 is 0 Å². The quantitative estimate of drug-likeness (QED) is 0.882. The predicted octanol–water partition coefficient (Wildman–Crippen LogP) is 4.38. The number of amides is 1. The molecule has 0 saturated heterocycles. The SMILES string of the molecule is CC1CCCC(C)C1NC(=O)C1CC1c1ccccc1Cl. The topological polar surface area (TPSA) is 29.1 Å². The lowest BCUT2D eigenvalue weighted by atomic mass is 9.78. The minimum Gasteiger partial charge on any atom is -0.353 e. The number of nitrogens with one attached hydrogen (secondary N) is 1. The Hall–Kier alpha value is -1.02. The Morgan fingerprint density at radius 2 is 1.86 bits per heavy atom. The molecule has 114 valence electrons. The summed E-state index contributed by atoms with van der Waals surface area (Å²) in [5, 5.41) is 4.11. The summed E-state index contributed by atoms with van der Waals surface area (Å²) in [5.74, 6) is 1.84. The molecule has 2 aliphatic rings. The molecular formula is C18H24ClNO. The Labute approximate surface area is 132 Å². The highest BCUT2D eigenvalue weighted by Gasteiger charge is 2.45. The summed E-state index contributed by atoms with van der Waals surface area (Å²) in [6.07, 6.45) is 4.69. The summed E-state index contributed by atoms with van der Waals surface area (Å²) in [4.78, 5) is 12.5. The van der Waals surface area contributed by atoms with Gasteiger partial charge in [-0.25, -0.2) is 0 Å². The van der Waals surface area contributed by atoms with Crippen molar-refractivity contribution in [2.75, 3.05) is 0 Å². The van der Waals surface area contributed by atoms with E-state index in [1.165, 1.54) is 19.3 Å². The summed E-state index contributed by atoms with van der Waals surface area (Å²) in [6, 6.07) is 8.24. The number of carbonyl (C=O) groups excluding carboxylic acids is 1. The van der Waals surface area contributed by atoms with Crippen molar-refractivity contribution in [3.05, 3.63) is 34.9 Å². The maximum Gasteiger partial charge on any atom is 0.223 e. The van der Waals surface area contributed by atoms with Crippen LogP contribution in [0.3, 0.4) is 0 Å². The van der Waals surface area contributed by atoms with Gasteiger partial charge in [0.1, 0.15) is 0 Å². The molecule has 1 amide bonds. The maximum atomic E-state index is 12.5. The zero-order valence-electron chi connectivity index (χ0n) is 12.8. The Balaban J connectivity index is 1.62. The van der Waals surface area contributed by atoms with E-state index in [1.807, 2.05) is 24.3 Å². The van der Waals surface area contributed by atoms with Gasteiger partial charge in [0.25, 0.3) is 0 Å². The molecule has 0 aliphatic heterocycles. The normalized spacial score (nSPS) is 35.3. The molecule has 21 heavy (non-hydrogen) atoms. The van der Waals surface area contributed by atoms with E-state index >= 15 is 0 Å². The summed E-state index contributed by atoms with van der Waals surface area (Å²) in [6.45, 7) is 4.53. The lowest BCUT2D eigenvalue weighted by molar-refractivity contribution is -0.124. The molecule has 1 aromatic carbocycles. The van der Waals surface area contributed by atoms with Gasteiger partial charge in [-0.3, -0.25) is 4.79 Å². The van der Waals surface area contributed by atoms with Crippen molar-refractivity contribution in [2.24, 2.45) is 17.8 Å². The Morgan fingerprint density at radius 3 is 2.52 bits per heavy atom. The molecular weight excluding hydrogens is 282 g/mol. The van der Waals surface area contributed by atoms with E-state index in [0.717, 1.165) is 17.0 Å². The summed E-state index contributed by atoms with van der Waals surface area (Å²) in [5.41, 5.74) is 1.13. The van der Waals surface area contributed by atoms with E-state index < -0.39 is 0 Å². The second kappa shape index (κ2) is 6.00. The number of hydrogen-bond donors (Lipinski definition) is 1. The minimum atomic E-state index is 0.117. The van der Waals surface area contributed by atoms with Crippen molar-refractivity contribution in [1.82, 2.24) is 5.32 Å². The molecule has 0 spiro atoms. The van der Waals surface area contributed by atoms with Crippen molar-refractivity contribution in [3.63, 3.8) is 0 Å². The maximum absolute atomic E-state index is 12.5. The van der Waals surface area contributed by atoms with Crippen LogP contribution in [0.4, 0.5) is 0 Å².